The Morgan fingerprint density at radius 3 is 2.84 bits per heavy atom. The molecule has 1 aromatic rings. The predicted molar refractivity (Wildman–Crippen MR) is 70.6 cm³/mol. The summed E-state index contributed by atoms with van der Waals surface area (Å²) < 4.78 is 13.8. The lowest BCUT2D eigenvalue weighted by molar-refractivity contribution is -0.152. The molecule has 1 aromatic carbocycles. The minimum absolute atomic E-state index is 0.188. The van der Waals surface area contributed by atoms with E-state index in [0.29, 0.717) is 22.9 Å². The molecule has 2 saturated carbocycles. The number of aliphatic carboxylic acids is 1. The number of carboxylic acids is 1. The minimum atomic E-state index is -0.783. The summed E-state index contributed by atoms with van der Waals surface area (Å²) in [4.78, 5) is 11.8. The Labute approximate surface area is 116 Å². The van der Waals surface area contributed by atoms with Gasteiger partial charge in [-0.1, -0.05) is 18.0 Å². The van der Waals surface area contributed by atoms with Gasteiger partial charge in [0.25, 0.3) is 0 Å². The first kappa shape index (κ1) is 12.9. The molecule has 0 aromatic heterocycles. The Bertz CT molecular complexity index is 531. The standard InChI is InChI=1S/C15H16ClFO2/c16-12-3-4-13(17)10(6-12)8-15(14(18)19)7-9-1-2-11(15)5-9/h3-4,6,9,11H,1-2,5,7-8H2,(H,18,19). The fourth-order valence-electron chi connectivity index (χ4n) is 4.02. The zero-order valence-corrected chi connectivity index (χ0v) is 11.3. The number of benzene rings is 1. The Balaban J connectivity index is 1.95. The molecule has 2 fully saturated rings. The zero-order valence-electron chi connectivity index (χ0n) is 10.5. The van der Waals surface area contributed by atoms with Gasteiger partial charge in [0, 0.05) is 5.02 Å². The fourth-order valence-corrected chi connectivity index (χ4v) is 4.21. The van der Waals surface area contributed by atoms with Crippen molar-refractivity contribution in [3.8, 4) is 0 Å². The van der Waals surface area contributed by atoms with Gasteiger partial charge in [0.05, 0.1) is 5.41 Å². The van der Waals surface area contributed by atoms with Crippen LogP contribution in [0.15, 0.2) is 18.2 Å². The monoisotopic (exact) mass is 282 g/mol. The van der Waals surface area contributed by atoms with Crippen molar-refractivity contribution in [2.24, 2.45) is 17.3 Å². The second kappa shape index (κ2) is 4.48. The Morgan fingerprint density at radius 1 is 1.47 bits per heavy atom. The van der Waals surface area contributed by atoms with E-state index >= 15 is 0 Å². The van der Waals surface area contributed by atoms with Gasteiger partial charge < -0.3 is 5.11 Å². The molecule has 0 saturated heterocycles. The van der Waals surface area contributed by atoms with Gasteiger partial charge in [-0.25, -0.2) is 4.39 Å². The van der Waals surface area contributed by atoms with E-state index in [-0.39, 0.29) is 18.2 Å². The van der Waals surface area contributed by atoms with Gasteiger partial charge in [-0.15, -0.1) is 0 Å². The van der Waals surface area contributed by atoms with Crippen LogP contribution in [0.25, 0.3) is 0 Å². The highest BCUT2D eigenvalue weighted by Gasteiger charge is 2.55. The number of carbonyl (C=O) groups is 1. The van der Waals surface area contributed by atoms with E-state index in [9.17, 15) is 14.3 Å². The van der Waals surface area contributed by atoms with Crippen LogP contribution < -0.4 is 0 Å². The molecule has 0 spiro atoms. The van der Waals surface area contributed by atoms with Gasteiger partial charge in [0.2, 0.25) is 0 Å². The van der Waals surface area contributed by atoms with Crippen molar-refractivity contribution >= 4 is 17.6 Å². The van der Waals surface area contributed by atoms with Crippen LogP contribution in [0.4, 0.5) is 4.39 Å². The van der Waals surface area contributed by atoms with Crippen LogP contribution >= 0.6 is 11.6 Å². The molecule has 1 N–H and O–H groups in total. The third kappa shape index (κ3) is 2.04. The number of hydrogen-bond donors (Lipinski definition) is 1. The lowest BCUT2D eigenvalue weighted by Gasteiger charge is -2.33. The van der Waals surface area contributed by atoms with Gasteiger partial charge in [-0.2, -0.15) is 0 Å². The summed E-state index contributed by atoms with van der Waals surface area (Å²) in [5.41, 5.74) is -0.350. The van der Waals surface area contributed by atoms with Crippen molar-refractivity contribution < 1.29 is 14.3 Å². The van der Waals surface area contributed by atoms with Crippen LogP contribution in [0, 0.1) is 23.1 Å². The van der Waals surface area contributed by atoms with Crippen molar-refractivity contribution in [3.63, 3.8) is 0 Å². The smallest absolute Gasteiger partial charge is 0.310 e. The summed E-state index contributed by atoms with van der Waals surface area (Å²) in [7, 11) is 0. The van der Waals surface area contributed by atoms with Crippen LogP contribution in [0.1, 0.15) is 31.2 Å². The second-order valence-electron chi connectivity index (χ2n) is 5.95. The molecule has 0 aliphatic heterocycles. The van der Waals surface area contributed by atoms with Crippen LogP contribution in [0.5, 0.6) is 0 Å². The number of hydrogen-bond acceptors (Lipinski definition) is 1. The fraction of sp³-hybridized carbons (Fsp3) is 0.533. The Hall–Kier alpha value is -1.09. The molecule has 2 nitrogen and oxygen atoms in total. The van der Waals surface area contributed by atoms with Crippen molar-refractivity contribution in [2.45, 2.75) is 32.1 Å². The molecule has 0 radical (unpaired) electrons. The molecule has 3 rings (SSSR count). The highest BCUT2D eigenvalue weighted by atomic mass is 35.5. The molecular weight excluding hydrogens is 267 g/mol. The largest absolute Gasteiger partial charge is 0.481 e. The molecule has 102 valence electrons. The molecule has 0 heterocycles. The van der Waals surface area contributed by atoms with Gasteiger partial charge in [-0.3, -0.25) is 4.79 Å². The molecule has 2 aliphatic carbocycles. The Morgan fingerprint density at radius 2 is 2.26 bits per heavy atom. The molecule has 3 atom stereocenters. The van der Waals surface area contributed by atoms with E-state index in [2.05, 4.69) is 0 Å². The second-order valence-corrected chi connectivity index (χ2v) is 6.39. The van der Waals surface area contributed by atoms with E-state index in [0.717, 1.165) is 19.3 Å². The highest BCUT2D eigenvalue weighted by molar-refractivity contribution is 6.30. The number of halogens is 2. The third-order valence-corrected chi connectivity index (χ3v) is 5.15. The topological polar surface area (TPSA) is 37.3 Å². The van der Waals surface area contributed by atoms with E-state index in [1.54, 1.807) is 6.07 Å². The summed E-state index contributed by atoms with van der Waals surface area (Å²) in [6.45, 7) is 0. The van der Waals surface area contributed by atoms with Crippen molar-refractivity contribution in [2.75, 3.05) is 0 Å². The van der Waals surface area contributed by atoms with Gasteiger partial charge in [0.15, 0.2) is 0 Å². The number of fused-ring (bicyclic) bond motifs is 2. The van der Waals surface area contributed by atoms with Crippen LogP contribution in [0.2, 0.25) is 5.02 Å². The first-order chi connectivity index (χ1) is 9.01. The van der Waals surface area contributed by atoms with Crippen LogP contribution in [-0.4, -0.2) is 11.1 Å². The van der Waals surface area contributed by atoms with Gasteiger partial charge in [-0.05, 0) is 61.3 Å². The van der Waals surface area contributed by atoms with Crippen molar-refractivity contribution in [1.82, 2.24) is 0 Å². The van der Waals surface area contributed by atoms with Crippen molar-refractivity contribution in [1.29, 1.82) is 0 Å². The summed E-state index contributed by atoms with van der Waals surface area (Å²) >= 11 is 5.89. The maximum atomic E-state index is 13.8. The first-order valence-corrected chi connectivity index (χ1v) is 7.06. The molecule has 0 amide bonds. The molecule has 4 heteroatoms. The zero-order chi connectivity index (χ0) is 13.6. The maximum absolute atomic E-state index is 13.8. The SMILES string of the molecule is O=C(O)C1(Cc2cc(Cl)ccc2F)CC2CCC1C2. The average Bonchev–Trinajstić information content (AvgIpc) is 2.94. The molecule has 19 heavy (non-hydrogen) atoms. The molecular formula is C15H16ClFO2. The van der Waals surface area contributed by atoms with Crippen molar-refractivity contribution in [3.05, 3.63) is 34.6 Å². The van der Waals surface area contributed by atoms with E-state index in [4.69, 9.17) is 11.6 Å². The average molecular weight is 283 g/mol. The van der Waals surface area contributed by atoms with Gasteiger partial charge in [0.1, 0.15) is 5.82 Å². The predicted octanol–water partition coefficient (Wildman–Crippen LogP) is 3.91. The quantitative estimate of drug-likeness (QED) is 0.912. The third-order valence-electron chi connectivity index (χ3n) is 4.92. The summed E-state index contributed by atoms with van der Waals surface area (Å²) in [5, 5.41) is 10.1. The van der Waals surface area contributed by atoms with Crippen LogP contribution in [-0.2, 0) is 11.2 Å². The lowest BCUT2D eigenvalue weighted by Crippen LogP contribution is -2.38. The first-order valence-electron chi connectivity index (χ1n) is 6.68. The minimum Gasteiger partial charge on any atom is -0.481 e. The molecule has 3 unspecified atom stereocenters. The normalized spacial score (nSPS) is 32.7. The summed E-state index contributed by atoms with van der Waals surface area (Å²) in [6.07, 6.45) is 4.00. The molecule has 2 bridgehead atoms. The summed E-state index contributed by atoms with van der Waals surface area (Å²) in [6, 6.07) is 4.38. The van der Waals surface area contributed by atoms with E-state index in [1.165, 1.54) is 12.1 Å². The number of rotatable bonds is 3. The maximum Gasteiger partial charge on any atom is 0.310 e. The lowest BCUT2D eigenvalue weighted by atomic mass is 9.69. The summed E-state index contributed by atoms with van der Waals surface area (Å²) in [5.74, 6) is -0.441. The van der Waals surface area contributed by atoms with Gasteiger partial charge >= 0.3 is 5.97 Å². The number of carboxylic acid groups (broad SMARTS) is 1. The van der Waals surface area contributed by atoms with Crippen LogP contribution in [0.3, 0.4) is 0 Å². The van der Waals surface area contributed by atoms with E-state index < -0.39 is 11.4 Å². The Kier molecular flexibility index (Phi) is 3.05. The van der Waals surface area contributed by atoms with E-state index in [1.807, 2.05) is 0 Å². The highest BCUT2D eigenvalue weighted by Crippen LogP contribution is 2.57. The molecule has 2 aliphatic rings.